The van der Waals surface area contributed by atoms with Gasteiger partial charge in [-0.15, -0.1) is 0 Å². The summed E-state index contributed by atoms with van der Waals surface area (Å²) >= 11 is 1.03. The van der Waals surface area contributed by atoms with Gasteiger partial charge in [0, 0.05) is 14.1 Å². The van der Waals surface area contributed by atoms with E-state index < -0.39 is 17.2 Å². The Hall–Kier alpha value is -2.81. The topological polar surface area (TPSA) is 99.1 Å². The Balaban J connectivity index is 2.16. The van der Waals surface area contributed by atoms with Crippen LogP contribution in [0, 0.1) is 0 Å². The van der Waals surface area contributed by atoms with Crippen molar-refractivity contribution in [3.05, 3.63) is 56.2 Å². The monoisotopic (exact) mass is 416 g/mol. The van der Waals surface area contributed by atoms with E-state index in [9.17, 15) is 14.4 Å². The van der Waals surface area contributed by atoms with Gasteiger partial charge in [0.15, 0.2) is 16.3 Å². The molecule has 0 atom stereocenters. The lowest BCUT2D eigenvalue weighted by Gasteiger charge is -2.19. The molecule has 2 heterocycles. The number of nitrogens with zero attached hydrogens (tertiary/aromatic N) is 4. The van der Waals surface area contributed by atoms with Gasteiger partial charge >= 0.3 is 11.7 Å². The first kappa shape index (κ1) is 20.9. The van der Waals surface area contributed by atoms with Crippen LogP contribution in [0.4, 0.5) is 0 Å². The van der Waals surface area contributed by atoms with Gasteiger partial charge in [-0.2, -0.15) is 0 Å². The predicted molar refractivity (Wildman–Crippen MR) is 113 cm³/mol. The van der Waals surface area contributed by atoms with Crippen LogP contribution < -0.4 is 11.2 Å². The van der Waals surface area contributed by atoms with Crippen molar-refractivity contribution in [1.29, 1.82) is 0 Å². The molecule has 29 heavy (non-hydrogen) atoms. The van der Waals surface area contributed by atoms with E-state index in [0.717, 1.165) is 21.9 Å². The SMILES string of the molecule is Cn1c(=O)c2c(nc(SCC(=O)O)n2Cc2ccc(C(C)(C)C)cc2)n(C)c1=O. The number of carboxylic acid groups (broad SMARTS) is 1. The molecule has 0 bridgehead atoms. The maximum atomic E-state index is 12.8. The van der Waals surface area contributed by atoms with Gasteiger partial charge in [0.2, 0.25) is 0 Å². The number of aryl methyl sites for hydroxylation is 1. The van der Waals surface area contributed by atoms with Crippen LogP contribution >= 0.6 is 11.8 Å². The Labute approximate surface area is 171 Å². The smallest absolute Gasteiger partial charge is 0.332 e. The Morgan fingerprint density at radius 2 is 1.72 bits per heavy atom. The summed E-state index contributed by atoms with van der Waals surface area (Å²) in [7, 11) is 2.97. The van der Waals surface area contributed by atoms with E-state index in [2.05, 4.69) is 25.8 Å². The van der Waals surface area contributed by atoms with Crippen molar-refractivity contribution in [2.45, 2.75) is 37.9 Å². The van der Waals surface area contributed by atoms with E-state index in [0.29, 0.717) is 11.7 Å². The summed E-state index contributed by atoms with van der Waals surface area (Å²) in [4.78, 5) is 40.5. The molecule has 0 saturated carbocycles. The van der Waals surface area contributed by atoms with Crippen molar-refractivity contribution in [2.75, 3.05) is 5.75 Å². The van der Waals surface area contributed by atoms with E-state index in [1.54, 1.807) is 11.6 Å². The zero-order valence-electron chi connectivity index (χ0n) is 17.1. The lowest BCUT2D eigenvalue weighted by Crippen LogP contribution is -2.37. The number of aliphatic carboxylic acids is 1. The number of hydrogen-bond acceptors (Lipinski definition) is 5. The highest BCUT2D eigenvalue weighted by atomic mass is 32.2. The maximum Gasteiger partial charge on any atom is 0.332 e. The molecule has 0 unspecified atom stereocenters. The molecular formula is C20H24N4O4S. The Bertz CT molecular complexity index is 1200. The number of imidazole rings is 1. The number of thioether (sulfide) groups is 1. The third-order valence-corrected chi connectivity index (χ3v) is 5.76. The van der Waals surface area contributed by atoms with Gasteiger partial charge in [0.25, 0.3) is 5.56 Å². The zero-order chi connectivity index (χ0) is 21.5. The number of benzene rings is 1. The molecule has 1 N–H and O–H groups in total. The summed E-state index contributed by atoms with van der Waals surface area (Å²) in [6.07, 6.45) is 0. The summed E-state index contributed by atoms with van der Waals surface area (Å²) in [5.74, 6) is -1.18. The van der Waals surface area contributed by atoms with Crippen LogP contribution in [0.25, 0.3) is 11.2 Å². The highest BCUT2D eigenvalue weighted by molar-refractivity contribution is 7.99. The average Bonchev–Trinajstić information content (AvgIpc) is 3.01. The molecule has 9 heteroatoms. The molecule has 0 radical (unpaired) electrons. The minimum absolute atomic E-state index is 0.0248. The van der Waals surface area contributed by atoms with Crippen molar-refractivity contribution in [3.8, 4) is 0 Å². The van der Waals surface area contributed by atoms with Gasteiger partial charge in [-0.3, -0.25) is 18.7 Å². The average molecular weight is 417 g/mol. The van der Waals surface area contributed by atoms with E-state index in [1.807, 2.05) is 24.3 Å². The quantitative estimate of drug-likeness (QED) is 0.639. The number of hydrogen-bond donors (Lipinski definition) is 1. The third kappa shape index (κ3) is 4.00. The van der Waals surface area contributed by atoms with Gasteiger partial charge in [-0.1, -0.05) is 56.8 Å². The van der Waals surface area contributed by atoms with E-state index >= 15 is 0 Å². The van der Waals surface area contributed by atoms with Gasteiger partial charge in [-0.25, -0.2) is 9.78 Å². The molecule has 0 amide bonds. The van der Waals surface area contributed by atoms with Gasteiger partial charge in [-0.05, 0) is 16.5 Å². The van der Waals surface area contributed by atoms with E-state index in [4.69, 9.17) is 5.11 Å². The third-order valence-electron chi connectivity index (χ3n) is 4.80. The lowest BCUT2D eigenvalue weighted by molar-refractivity contribution is -0.133. The summed E-state index contributed by atoms with van der Waals surface area (Å²) < 4.78 is 4.03. The fourth-order valence-electron chi connectivity index (χ4n) is 3.10. The Kier molecular flexibility index (Phi) is 5.44. The highest BCUT2D eigenvalue weighted by Gasteiger charge is 2.20. The van der Waals surface area contributed by atoms with Crippen LogP contribution in [0.15, 0.2) is 39.0 Å². The van der Waals surface area contributed by atoms with Crippen molar-refractivity contribution >= 4 is 28.9 Å². The number of carbonyl (C=O) groups is 1. The second-order valence-corrected chi connectivity index (χ2v) is 8.93. The fourth-order valence-corrected chi connectivity index (χ4v) is 3.82. The highest BCUT2D eigenvalue weighted by Crippen LogP contribution is 2.25. The van der Waals surface area contributed by atoms with Crippen LogP contribution in [0.2, 0.25) is 0 Å². The van der Waals surface area contributed by atoms with Crippen LogP contribution in [0.5, 0.6) is 0 Å². The Morgan fingerprint density at radius 3 is 2.28 bits per heavy atom. The Morgan fingerprint density at radius 1 is 1.10 bits per heavy atom. The molecule has 0 aliphatic rings. The minimum Gasteiger partial charge on any atom is -0.481 e. The molecule has 3 rings (SSSR count). The van der Waals surface area contributed by atoms with E-state index in [-0.39, 0.29) is 22.3 Å². The zero-order valence-corrected chi connectivity index (χ0v) is 17.9. The number of carboxylic acids is 1. The molecule has 0 saturated heterocycles. The normalized spacial score (nSPS) is 11.9. The first-order chi connectivity index (χ1) is 13.5. The summed E-state index contributed by atoms with van der Waals surface area (Å²) in [6.45, 7) is 6.75. The standard InChI is InChI=1S/C20H24N4O4S/c1-20(2,3)13-8-6-12(7-9-13)10-24-15-16(21-18(24)29-11-14(25)26)22(4)19(28)23(5)17(15)27/h6-9H,10-11H2,1-5H3,(H,25,26). The first-order valence-electron chi connectivity index (χ1n) is 9.11. The van der Waals surface area contributed by atoms with E-state index in [1.165, 1.54) is 17.2 Å². The van der Waals surface area contributed by atoms with Gasteiger partial charge in [0.1, 0.15) is 0 Å². The molecule has 8 nitrogen and oxygen atoms in total. The van der Waals surface area contributed by atoms with Gasteiger partial charge in [0.05, 0.1) is 12.3 Å². The van der Waals surface area contributed by atoms with Crippen LogP contribution in [-0.2, 0) is 30.8 Å². The largest absolute Gasteiger partial charge is 0.481 e. The van der Waals surface area contributed by atoms with Crippen LogP contribution in [0.3, 0.4) is 0 Å². The van der Waals surface area contributed by atoms with Crippen molar-refractivity contribution < 1.29 is 9.90 Å². The summed E-state index contributed by atoms with van der Waals surface area (Å²) in [5, 5.41) is 9.44. The minimum atomic E-state index is -0.982. The lowest BCUT2D eigenvalue weighted by atomic mass is 9.87. The number of rotatable bonds is 5. The molecule has 154 valence electrons. The molecular weight excluding hydrogens is 392 g/mol. The van der Waals surface area contributed by atoms with Crippen LogP contribution in [-0.4, -0.2) is 35.5 Å². The fraction of sp³-hybridized carbons (Fsp3) is 0.400. The molecule has 1 aromatic carbocycles. The molecule has 0 aliphatic heterocycles. The number of fused-ring (bicyclic) bond motifs is 1. The predicted octanol–water partition coefficient (Wildman–Crippen LogP) is 1.96. The first-order valence-corrected chi connectivity index (χ1v) is 10.1. The van der Waals surface area contributed by atoms with Crippen molar-refractivity contribution in [3.63, 3.8) is 0 Å². The molecule has 0 aliphatic carbocycles. The van der Waals surface area contributed by atoms with Gasteiger partial charge < -0.3 is 9.67 Å². The van der Waals surface area contributed by atoms with Crippen molar-refractivity contribution in [1.82, 2.24) is 18.7 Å². The second-order valence-electron chi connectivity index (χ2n) is 7.99. The van der Waals surface area contributed by atoms with Crippen LogP contribution in [0.1, 0.15) is 31.9 Å². The molecule has 3 aromatic rings. The molecule has 0 spiro atoms. The summed E-state index contributed by atoms with van der Waals surface area (Å²) in [6, 6.07) is 8.08. The summed E-state index contributed by atoms with van der Waals surface area (Å²) in [5.41, 5.74) is 1.76. The molecule has 0 fully saturated rings. The second kappa shape index (κ2) is 7.55. The van der Waals surface area contributed by atoms with Crippen molar-refractivity contribution in [2.24, 2.45) is 14.1 Å². The number of aromatic nitrogens is 4. The molecule has 2 aromatic heterocycles. The maximum absolute atomic E-state index is 12.8.